The number of carbonyl (C=O) groups excluding carboxylic acids is 1. The molecular weight excluding hydrogens is 400 g/mol. The number of hydrogen-bond donors (Lipinski definition) is 2. The van der Waals surface area contributed by atoms with Crippen LogP contribution in [0.4, 0.5) is 20.3 Å². The third-order valence-electron chi connectivity index (χ3n) is 5.76. The number of anilines is 2. The van der Waals surface area contributed by atoms with E-state index >= 15 is 0 Å². The zero-order chi connectivity index (χ0) is 22.3. The molecule has 2 aromatic carbocycles. The second-order valence-electron chi connectivity index (χ2n) is 8.19. The van der Waals surface area contributed by atoms with Crippen molar-refractivity contribution in [3.8, 4) is 11.3 Å². The largest absolute Gasteiger partial charge is 0.340 e. The minimum absolute atomic E-state index is 0.0806. The maximum Gasteiger partial charge on any atom is 0.237 e. The molecule has 0 spiro atoms. The third-order valence-corrected chi connectivity index (χ3v) is 5.76. The van der Waals surface area contributed by atoms with Crippen molar-refractivity contribution in [2.75, 3.05) is 18.4 Å². The SMILES string of the molecule is Cc1ccc(Nc2c(-c3ccc(F)cc3)nc3n2CCN(C(=O)CN)C3(C)C)cc1F. The molecule has 0 radical (unpaired) electrons. The average molecular weight is 425 g/mol. The molecule has 0 aliphatic carbocycles. The van der Waals surface area contributed by atoms with Crippen molar-refractivity contribution in [2.45, 2.75) is 32.9 Å². The molecule has 0 fully saturated rings. The zero-order valence-corrected chi connectivity index (χ0v) is 17.7. The van der Waals surface area contributed by atoms with Gasteiger partial charge < -0.3 is 20.5 Å². The molecule has 4 rings (SSSR count). The minimum Gasteiger partial charge on any atom is -0.340 e. The Labute approximate surface area is 179 Å². The van der Waals surface area contributed by atoms with Gasteiger partial charge in [-0.05, 0) is 62.7 Å². The molecule has 1 aliphatic rings. The molecule has 0 unspecified atom stereocenters. The molecule has 6 nitrogen and oxygen atoms in total. The molecule has 162 valence electrons. The Bertz CT molecular complexity index is 1140. The van der Waals surface area contributed by atoms with Crippen LogP contribution in [0, 0.1) is 18.6 Å². The lowest BCUT2D eigenvalue weighted by molar-refractivity contribution is -0.137. The number of aromatic nitrogens is 2. The zero-order valence-electron chi connectivity index (χ0n) is 17.7. The fourth-order valence-electron chi connectivity index (χ4n) is 4.03. The number of halogens is 2. The Kier molecular flexibility index (Phi) is 5.26. The Morgan fingerprint density at radius 3 is 2.52 bits per heavy atom. The van der Waals surface area contributed by atoms with E-state index < -0.39 is 5.54 Å². The Hall–Kier alpha value is -3.26. The van der Waals surface area contributed by atoms with Crippen LogP contribution in [0.2, 0.25) is 0 Å². The number of imidazole rings is 1. The fraction of sp³-hybridized carbons (Fsp3) is 0.304. The number of carbonyl (C=O) groups is 1. The Balaban J connectivity index is 1.86. The average Bonchev–Trinajstić information content (AvgIpc) is 3.10. The van der Waals surface area contributed by atoms with Crippen LogP contribution < -0.4 is 11.1 Å². The van der Waals surface area contributed by atoms with E-state index in [9.17, 15) is 13.6 Å². The molecule has 0 bridgehead atoms. The van der Waals surface area contributed by atoms with E-state index in [0.29, 0.717) is 47.2 Å². The van der Waals surface area contributed by atoms with Crippen LogP contribution in [0.1, 0.15) is 25.2 Å². The molecule has 0 atom stereocenters. The first kappa shape index (κ1) is 21.0. The first-order chi connectivity index (χ1) is 14.7. The lowest BCUT2D eigenvalue weighted by atomic mass is 9.99. The summed E-state index contributed by atoms with van der Waals surface area (Å²) in [5, 5.41) is 3.30. The molecule has 3 aromatic rings. The molecule has 3 N–H and O–H groups in total. The number of fused-ring (bicyclic) bond motifs is 1. The van der Waals surface area contributed by atoms with Gasteiger partial charge in [0.1, 0.15) is 29.0 Å². The van der Waals surface area contributed by atoms with Crippen molar-refractivity contribution in [1.29, 1.82) is 0 Å². The molecule has 1 aromatic heterocycles. The number of nitrogens with zero attached hydrogens (tertiary/aromatic N) is 3. The van der Waals surface area contributed by atoms with Crippen molar-refractivity contribution in [1.82, 2.24) is 14.5 Å². The van der Waals surface area contributed by atoms with Crippen molar-refractivity contribution >= 4 is 17.4 Å². The molecular formula is C23H25F2N5O. The molecule has 2 heterocycles. The number of aryl methyl sites for hydroxylation is 1. The number of nitrogens with two attached hydrogens (primary N) is 1. The van der Waals surface area contributed by atoms with Crippen molar-refractivity contribution in [3.63, 3.8) is 0 Å². The summed E-state index contributed by atoms with van der Waals surface area (Å²) < 4.78 is 29.7. The Morgan fingerprint density at radius 1 is 1.16 bits per heavy atom. The number of benzene rings is 2. The minimum atomic E-state index is -0.706. The lowest BCUT2D eigenvalue weighted by Crippen LogP contribution is -2.53. The van der Waals surface area contributed by atoms with Gasteiger partial charge in [-0.2, -0.15) is 0 Å². The van der Waals surface area contributed by atoms with E-state index in [4.69, 9.17) is 10.7 Å². The number of rotatable bonds is 4. The summed E-state index contributed by atoms with van der Waals surface area (Å²) in [5.74, 6) is 0.528. The summed E-state index contributed by atoms with van der Waals surface area (Å²) >= 11 is 0. The van der Waals surface area contributed by atoms with Crippen LogP contribution in [-0.4, -0.2) is 33.4 Å². The summed E-state index contributed by atoms with van der Waals surface area (Å²) in [6, 6.07) is 11.0. The van der Waals surface area contributed by atoms with Crippen molar-refractivity contribution < 1.29 is 13.6 Å². The van der Waals surface area contributed by atoms with E-state index in [1.165, 1.54) is 18.2 Å². The van der Waals surface area contributed by atoms with E-state index in [1.54, 1.807) is 36.1 Å². The highest BCUT2D eigenvalue weighted by molar-refractivity contribution is 5.80. The van der Waals surface area contributed by atoms with E-state index in [1.807, 2.05) is 18.4 Å². The third kappa shape index (κ3) is 3.67. The molecule has 0 saturated carbocycles. The van der Waals surface area contributed by atoms with Gasteiger partial charge in [0, 0.05) is 24.3 Å². The lowest BCUT2D eigenvalue weighted by Gasteiger charge is -2.42. The second-order valence-corrected chi connectivity index (χ2v) is 8.19. The number of amides is 1. The molecule has 8 heteroatoms. The normalized spacial score (nSPS) is 15.0. The van der Waals surface area contributed by atoms with Gasteiger partial charge in [-0.3, -0.25) is 4.79 Å². The highest BCUT2D eigenvalue weighted by Crippen LogP contribution is 2.39. The quantitative estimate of drug-likeness (QED) is 0.664. The van der Waals surface area contributed by atoms with Gasteiger partial charge >= 0.3 is 0 Å². The van der Waals surface area contributed by atoms with Crippen molar-refractivity contribution in [3.05, 3.63) is 65.5 Å². The van der Waals surface area contributed by atoms with Crippen LogP contribution in [0.3, 0.4) is 0 Å². The molecule has 0 saturated heterocycles. The predicted molar refractivity (Wildman–Crippen MR) is 116 cm³/mol. The van der Waals surface area contributed by atoms with E-state index in [2.05, 4.69) is 5.32 Å². The predicted octanol–water partition coefficient (Wildman–Crippen LogP) is 3.92. The van der Waals surface area contributed by atoms with Crippen LogP contribution in [0.5, 0.6) is 0 Å². The first-order valence-corrected chi connectivity index (χ1v) is 10.1. The molecule has 1 aliphatic heterocycles. The fourth-order valence-corrected chi connectivity index (χ4v) is 4.03. The van der Waals surface area contributed by atoms with Gasteiger partial charge in [-0.15, -0.1) is 0 Å². The van der Waals surface area contributed by atoms with Gasteiger partial charge in [0.05, 0.1) is 12.1 Å². The van der Waals surface area contributed by atoms with Gasteiger partial charge in [0.2, 0.25) is 5.91 Å². The number of hydrogen-bond acceptors (Lipinski definition) is 4. The summed E-state index contributed by atoms with van der Waals surface area (Å²) in [5.41, 5.74) is 7.35. The highest BCUT2D eigenvalue weighted by Gasteiger charge is 2.41. The summed E-state index contributed by atoms with van der Waals surface area (Å²) in [7, 11) is 0. The summed E-state index contributed by atoms with van der Waals surface area (Å²) in [6.45, 7) is 6.42. The van der Waals surface area contributed by atoms with Crippen molar-refractivity contribution in [2.24, 2.45) is 5.73 Å². The van der Waals surface area contributed by atoms with E-state index in [-0.39, 0.29) is 24.1 Å². The topological polar surface area (TPSA) is 76.2 Å². The maximum atomic E-state index is 14.2. The number of nitrogens with one attached hydrogen (secondary N) is 1. The smallest absolute Gasteiger partial charge is 0.237 e. The Morgan fingerprint density at radius 2 is 1.87 bits per heavy atom. The summed E-state index contributed by atoms with van der Waals surface area (Å²) in [4.78, 5) is 19.0. The van der Waals surface area contributed by atoms with Crippen LogP contribution in [0.15, 0.2) is 42.5 Å². The standard InChI is InChI=1S/C23H25F2N5O/c1-14-4-9-17(12-18(14)25)27-21-20(15-5-7-16(24)8-6-15)28-22-23(2,3)30(19(31)13-26)11-10-29(21)22/h4-9,12,27H,10-11,13,26H2,1-3H3. The van der Waals surface area contributed by atoms with Crippen LogP contribution in [0.25, 0.3) is 11.3 Å². The van der Waals surface area contributed by atoms with Gasteiger partial charge in [-0.1, -0.05) is 6.07 Å². The van der Waals surface area contributed by atoms with Crippen LogP contribution in [-0.2, 0) is 16.9 Å². The molecule has 1 amide bonds. The van der Waals surface area contributed by atoms with Crippen LogP contribution >= 0.6 is 0 Å². The van der Waals surface area contributed by atoms with Gasteiger partial charge in [0.25, 0.3) is 0 Å². The second kappa shape index (κ2) is 7.77. The van der Waals surface area contributed by atoms with Gasteiger partial charge in [0.15, 0.2) is 0 Å². The van der Waals surface area contributed by atoms with E-state index in [0.717, 1.165) is 0 Å². The molecule has 31 heavy (non-hydrogen) atoms. The maximum absolute atomic E-state index is 14.2. The highest BCUT2D eigenvalue weighted by atomic mass is 19.1. The summed E-state index contributed by atoms with van der Waals surface area (Å²) in [6.07, 6.45) is 0. The monoisotopic (exact) mass is 425 g/mol. The first-order valence-electron chi connectivity index (χ1n) is 10.1. The van der Waals surface area contributed by atoms with Gasteiger partial charge in [-0.25, -0.2) is 13.8 Å².